The molecule has 3 nitrogen and oxygen atoms in total. The molecule has 0 N–H and O–H groups in total. The Labute approximate surface area is 77.4 Å². The zero-order valence-electron chi connectivity index (χ0n) is 6.75. The molecule has 0 aromatic carbocycles. The summed E-state index contributed by atoms with van der Waals surface area (Å²) in [6.07, 6.45) is 0. The molecule has 0 aromatic rings. The van der Waals surface area contributed by atoms with Crippen LogP contribution in [0.4, 0.5) is 0 Å². The van der Waals surface area contributed by atoms with Crippen LogP contribution in [0.3, 0.4) is 0 Å². The second-order valence-electron chi connectivity index (χ2n) is 2.26. The number of ketones is 3. The summed E-state index contributed by atoms with van der Waals surface area (Å²) in [5.74, 6) is -2.15. The molecule has 0 unspecified atom stereocenters. The molecule has 0 fully saturated rings. The van der Waals surface area contributed by atoms with Crippen molar-refractivity contribution < 1.29 is 32.9 Å². The maximum absolute atomic E-state index is 10.6. The van der Waals surface area contributed by atoms with Crippen molar-refractivity contribution in [1.29, 1.82) is 0 Å². The predicted molar refractivity (Wildman–Crippen MR) is 35.5 cm³/mol. The average molecular weight is 193 g/mol. The first-order valence-corrected chi connectivity index (χ1v) is 2.98. The fraction of sp³-hybridized carbons (Fsp3) is 0.571. The molecule has 0 amide bonds. The average Bonchev–Trinajstić information content (AvgIpc) is 1.59. The Balaban J connectivity index is 0. The first kappa shape index (κ1) is 13.2. The number of hydrogen-bond donors (Lipinski definition) is 0. The quantitative estimate of drug-likeness (QED) is 0.608. The van der Waals surface area contributed by atoms with Crippen LogP contribution < -0.4 is 0 Å². The van der Waals surface area contributed by atoms with Gasteiger partial charge in [0, 0.05) is 0 Å². The number of rotatable bonds is 3. The van der Waals surface area contributed by atoms with Gasteiger partial charge in [-0.2, -0.15) is 0 Å². The van der Waals surface area contributed by atoms with Gasteiger partial charge in [0.25, 0.3) is 0 Å². The molecule has 0 aliphatic carbocycles. The fourth-order valence-electron chi connectivity index (χ4n) is 0.859. The molecule has 0 saturated carbocycles. The molecule has 0 aliphatic rings. The summed E-state index contributed by atoms with van der Waals surface area (Å²) in [7, 11) is 0. The van der Waals surface area contributed by atoms with Gasteiger partial charge in [-0.3, -0.25) is 14.4 Å². The summed E-state index contributed by atoms with van der Waals surface area (Å²) in [6, 6.07) is 0. The van der Waals surface area contributed by atoms with Crippen molar-refractivity contribution in [1.82, 2.24) is 0 Å². The maximum atomic E-state index is 10.6. The molecule has 1 radical (unpaired) electrons. The van der Waals surface area contributed by atoms with Crippen molar-refractivity contribution in [2.75, 3.05) is 0 Å². The summed E-state index contributed by atoms with van der Waals surface area (Å²) in [6.45, 7) is 3.73. The van der Waals surface area contributed by atoms with Crippen molar-refractivity contribution in [3.05, 3.63) is 0 Å². The Bertz CT molecular complexity index is 153. The van der Waals surface area contributed by atoms with Crippen molar-refractivity contribution in [2.24, 2.45) is 5.92 Å². The van der Waals surface area contributed by atoms with E-state index in [1.807, 2.05) is 0 Å². The number of carbonyl (C=O) groups excluding carboxylic acids is 3. The van der Waals surface area contributed by atoms with E-state index in [0.717, 1.165) is 0 Å². The predicted octanol–water partition coefficient (Wildman–Crippen LogP) is 0.367. The Hall–Kier alpha value is -0.406. The second-order valence-corrected chi connectivity index (χ2v) is 2.26. The van der Waals surface area contributed by atoms with Crippen molar-refractivity contribution in [2.45, 2.75) is 20.8 Å². The molecule has 0 aliphatic heterocycles. The Kier molecular flexibility index (Phi) is 6.33. The smallest absolute Gasteiger partial charge is 0.299 e. The molecule has 0 heterocycles. The summed E-state index contributed by atoms with van der Waals surface area (Å²) >= 11 is 0. The molecular weight excluding hydrogens is 183 g/mol. The maximum Gasteiger partial charge on any atom is 4.00 e. The number of carbonyl (C=O) groups is 3. The van der Waals surface area contributed by atoms with Gasteiger partial charge in [0.1, 0.15) is 23.3 Å². The van der Waals surface area contributed by atoms with Gasteiger partial charge in [-0.1, -0.05) is 0 Å². The minimum Gasteiger partial charge on any atom is -0.299 e. The van der Waals surface area contributed by atoms with Crippen LogP contribution >= 0.6 is 0 Å². The van der Waals surface area contributed by atoms with E-state index >= 15 is 0 Å². The minimum absolute atomic E-state index is 0. The van der Waals surface area contributed by atoms with E-state index in [4.69, 9.17) is 0 Å². The minimum atomic E-state index is -1.03. The van der Waals surface area contributed by atoms with Gasteiger partial charge in [-0.15, -0.1) is 0 Å². The first-order chi connectivity index (χ1) is 4.46. The zero-order chi connectivity index (χ0) is 8.31. The van der Waals surface area contributed by atoms with Gasteiger partial charge in [0.15, 0.2) is 0 Å². The van der Waals surface area contributed by atoms with E-state index in [-0.39, 0.29) is 35.9 Å². The molecule has 0 atom stereocenters. The van der Waals surface area contributed by atoms with Crippen LogP contribution in [0.15, 0.2) is 0 Å². The first-order valence-electron chi connectivity index (χ1n) is 2.98. The summed E-state index contributed by atoms with van der Waals surface area (Å²) in [5.41, 5.74) is 0. The van der Waals surface area contributed by atoms with E-state index in [2.05, 4.69) is 0 Å². The van der Waals surface area contributed by atoms with E-state index < -0.39 is 5.92 Å². The summed E-state index contributed by atoms with van der Waals surface area (Å²) < 4.78 is 0. The van der Waals surface area contributed by atoms with Gasteiger partial charge in [-0.05, 0) is 20.8 Å². The topological polar surface area (TPSA) is 51.2 Å². The van der Waals surface area contributed by atoms with Crippen molar-refractivity contribution in [3.8, 4) is 0 Å². The third kappa shape index (κ3) is 4.12. The van der Waals surface area contributed by atoms with Crippen molar-refractivity contribution in [3.63, 3.8) is 0 Å². The van der Waals surface area contributed by atoms with Crippen molar-refractivity contribution >= 4 is 17.3 Å². The largest absolute Gasteiger partial charge is 4.00 e. The summed E-state index contributed by atoms with van der Waals surface area (Å²) in [4.78, 5) is 31.8. The molecule has 11 heavy (non-hydrogen) atoms. The molecule has 0 saturated heterocycles. The van der Waals surface area contributed by atoms with E-state index in [0.29, 0.717) is 0 Å². The molecule has 0 aromatic heterocycles. The van der Waals surface area contributed by atoms with Crippen LogP contribution in [-0.4, -0.2) is 17.3 Å². The molecule has 4 heteroatoms. The third-order valence-electron chi connectivity index (χ3n) is 1.22. The Morgan fingerprint density at radius 3 is 1.00 bits per heavy atom. The number of Topliss-reactive ketones (excluding diaryl/α,β-unsaturated/α-hetero) is 3. The van der Waals surface area contributed by atoms with Crippen LogP contribution in [0, 0.1) is 5.92 Å². The monoisotopic (exact) mass is 193 g/mol. The molecule has 0 rings (SSSR count). The molecule has 0 spiro atoms. The zero-order valence-corrected chi connectivity index (χ0v) is 8.15. The number of hydrogen-bond acceptors (Lipinski definition) is 3. The Morgan fingerprint density at radius 2 is 1.00 bits per heavy atom. The van der Waals surface area contributed by atoms with Crippen LogP contribution in [0.25, 0.3) is 0 Å². The molecular formula is C7H10O3V+4. The van der Waals surface area contributed by atoms with Gasteiger partial charge in [0.05, 0.1) is 0 Å². The van der Waals surface area contributed by atoms with Gasteiger partial charge in [-0.25, -0.2) is 0 Å². The molecule has 57 valence electrons. The van der Waals surface area contributed by atoms with Crippen LogP contribution in [-0.2, 0) is 32.9 Å². The van der Waals surface area contributed by atoms with E-state index in [1.165, 1.54) is 20.8 Å². The van der Waals surface area contributed by atoms with Gasteiger partial charge in [0.2, 0.25) is 0 Å². The fourth-order valence-corrected chi connectivity index (χ4v) is 0.859. The van der Waals surface area contributed by atoms with Gasteiger partial charge >= 0.3 is 18.6 Å². The normalized spacial score (nSPS) is 8.73. The van der Waals surface area contributed by atoms with E-state index in [1.54, 1.807) is 0 Å². The SMILES string of the molecule is CC(=O)C(C(C)=O)C(C)=O.[V+4]. The van der Waals surface area contributed by atoms with Crippen LogP contribution in [0.5, 0.6) is 0 Å². The second kappa shape index (κ2) is 5.27. The third-order valence-corrected chi connectivity index (χ3v) is 1.22. The van der Waals surface area contributed by atoms with Gasteiger partial charge < -0.3 is 0 Å². The summed E-state index contributed by atoms with van der Waals surface area (Å²) in [5, 5.41) is 0. The van der Waals surface area contributed by atoms with E-state index in [9.17, 15) is 14.4 Å². The van der Waals surface area contributed by atoms with Crippen LogP contribution in [0.1, 0.15) is 20.8 Å². The Morgan fingerprint density at radius 1 is 0.818 bits per heavy atom. The molecule has 0 bridgehead atoms. The van der Waals surface area contributed by atoms with Crippen LogP contribution in [0.2, 0.25) is 0 Å². The standard InChI is InChI=1S/C7H10O3.V/c1-4(8)7(5(2)9)6(3)10;/h7H,1-3H3;/q;+4.